The standard InChI is InChI=1S/C23H25F2N5O2/c24-20(25)14-30-23(32)29-12-11-28(15-21(29)26-30)19-6-4-5-16-13-17(7-8-18(16)19)22(31)27-9-2-1-3-10-27/h4-8,13,20H,1-3,9-12,14-15H2. The number of benzene rings is 2. The Morgan fingerprint density at radius 3 is 2.62 bits per heavy atom. The molecule has 2 aliphatic heterocycles. The lowest BCUT2D eigenvalue weighted by Crippen LogP contribution is -2.38. The Hall–Kier alpha value is -3.23. The molecule has 3 heterocycles. The summed E-state index contributed by atoms with van der Waals surface area (Å²) in [6, 6.07) is 11.7. The molecule has 0 bridgehead atoms. The minimum atomic E-state index is -2.62. The van der Waals surface area contributed by atoms with E-state index in [9.17, 15) is 18.4 Å². The average Bonchev–Trinajstić information content (AvgIpc) is 3.12. The Morgan fingerprint density at radius 1 is 1.03 bits per heavy atom. The number of hydrogen-bond donors (Lipinski definition) is 0. The van der Waals surface area contributed by atoms with Crippen LogP contribution in [0, 0.1) is 0 Å². The number of hydrogen-bond acceptors (Lipinski definition) is 4. The summed E-state index contributed by atoms with van der Waals surface area (Å²) < 4.78 is 27.8. The van der Waals surface area contributed by atoms with Crippen molar-refractivity contribution in [3.8, 4) is 0 Å². The van der Waals surface area contributed by atoms with Gasteiger partial charge < -0.3 is 9.80 Å². The van der Waals surface area contributed by atoms with E-state index in [4.69, 9.17) is 0 Å². The summed E-state index contributed by atoms with van der Waals surface area (Å²) in [6.45, 7) is 2.25. The van der Waals surface area contributed by atoms with E-state index in [1.807, 2.05) is 41.3 Å². The van der Waals surface area contributed by atoms with Crippen LogP contribution < -0.4 is 10.6 Å². The van der Waals surface area contributed by atoms with Gasteiger partial charge in [-0.3, -0.25) is 9.36 Å². The number of nitrogens with zero attached hydrogens (tertiary/aromatic N) is 5. The van der Waals surface area contributed by atoms with Crippen molar-refractivity contribution >= 4 is 22.4 Å². The van der Waals surface area contributed by atoms with Crippen LogP contribution in [0.3, 0.4) is 0 Å². The van der Waals surface area contributed by atoms with Crippen LogP contribution >= 0.6 is 0 Å². The molecule has 1 fully saturated rings. The maximum absolute atomic E-state index is 12.9. The summed E-state index contributed by atoms with van der Waals surface area (Å²) in [5.74, 6) is 0.555. The number of piperidine rings is 1. The topological polar surface area (TPSA) is 63.4 Å². The molecule has 32 heavy (non-hydrogen) atoms. The van der Waals surface area contributed by atoms with Crippen molar-refractivity contribution in [3.05, 3.63) is 58.3 Å². The van der Waals surface area contributed by atoms with Crippen molar-refractivity contribution in [2.45, 2.75) is 45.3 Å². The van der Waals surface area contributed by atoms with E-state index in [0.29, 0.717) is 31.0 Å². The number of amides is 1. The third kappa shape index (κ3) is 3.76. The Morgan fingerprint density at radius 2 is 1.84 bits per heavy atom. The minimum absolute atomic E-state index is 0.0727. The number of carbonyl (C=O) groups excluding carboxylic acids is 1. The molecule has 9 heteroatoms. The van der Waals surface area contributed by atoms with Gasteiger partial charge in [-0.05, 0) is 42.8 Å². The molecule has 1 saturated heterocycles. The van der Waals surface area contributed by atoms with Crippen LogP contribution in [0.15, 0.2) is 41.2 Å². The summed E-state index contributed by atoms with van der Waals surface area (Å²) in [5, 5.41) is 6.10. The quantitative estimate of drug-likeness (QED) is 0.624. The zero-order chi connectivity index (χ0) is 22.2. The molecule has 0 radical (unpaired) electrons. The number of anilines is 1. The monoisotopic (exact) mass is 441 g/mol. The van der Waals surface area contributed by atoms with Gasteiger partial charge in [-0.15, -0.1) is 0 Å². The Balaban J connectivity index is 1.42. The van der Waals surface area contributed by atoms with Crippen LogP contribution in [0.4, 0.5) is 14.5 Å². The van der Waals surface area contributed by atoms with E-state index < -0.39 is 18.7 Å². The van der Waals surface area contributed by atoms with Gasteiger partial charge in [0, 0.05) is 42.8 Å². The Labute approximate surface area is 183 Å². The highest BCUT2D eigenvalue weighted by Gasteiger charge is 2.24. The molecule has 2 aromatic carbocycles. The second-order valence-corrected chi connectivity index (χ2v) is 8.41. The third-order valence-electron chi connectivity index (χ3n) is 6.32. The molecular weight excluding hydrogens is 416 g/mol. The van der Waals surface area contributed by atoms with E-state index in [1.54, 1.807) is 0 Å². The molecule has 168 valence electrons. The SMILES string of the molecule is O=C(c1ccc2c(N3CCn4c(nn(CC(F)F)c4=O)C3)cccc2c1)N1CCCCC1. The third-order valence-corrected chi connectivity index (χ3v) is 6.32. The molecule has 0 saturated carbocycles. The van der Waals surface area contributed by atoms with Gasteiger partial charge in [0.25, 0.3) is 12.3 Å². The molecule has 0 N–H and O–H groups in total. The van der Waals surface area contributed by atoms with Gasteiger partial charge in [-0.2, -0.15) is 5.10 Å². The van der Waals surface area contributed by atoms with Crippen molar-refractivity contribution in [1.29, 1.82) is 0 Å². The van der Waals surface area contributed by atoms with Crippen LogP contribution in [-0.2, 0) is 19.6 Å². The van der Waals surface area contributed by atoms with Crippen molar-refractivity contribution in [2.24, 2.45) is 0 Å². The Kier molecular flexibility index (Phi) is 5.40. The number of aromatic nitrogens is 3. The molecule has 0 spiro atoms. The number of rotatable bonds is 4. The number of alkyl halides is 2. The molecule has 7 nitrogen and oxygen atoms in total. The van der Waals surface area contributed by atoms with Gasteiger partial charge >= 0.3 is 5.69 Å². The van der Waals surface area contributed by atoms with Gasteiger partial charge in [0.1, 0.15) is 6.54 Å². The highest BCUT2D eigenvalue weighted by Crippen LogP contribution is 2.30. The largest absolute Gasteiger partial charge is 0.362 e. The molecular formula is C23H25F2N5O2. The maximum Gasteiger partial charge on any atom is 0.346 e. The van der Waals surface area contributed by atoms with E-state index in [-0.39, 0.29) is 5.91 Å². The van der Waals surface area contributed by atoms with Gasteiger partial charge in [0.05, 0.1) is 6.54 Å². The van der Waals surface area contributed by atoms with Crippen LogP contribution in [0.1, 0.15) is 35.4 Å². The lowest BCUT2D eigenvalue weighted by molar-refractivity contribution is 0.0724. The van der Waals surface area contributed by atoms with Gasteiger partial charge in [-0.25, -0.2) is 18.3 Å². The summed E-state index contributed by atoms with van der Waals surface area (Å²) in [6.07, 6.45) is 0.655. The zero-order valence-electron chi connectivity index (χ0n) is 17.7. The van der Waals surface area contributed by atoms with E-state index in [1.165, 1.54) is 11.0 Å². The second-order valence-electron chi connectivity index (χ2n) is 8.41. The first kappa shape index (κ1) is 20.7. The van der Waals surface area contributed by atoms with Crippen LogP contribution in [0.2, 0.25) is 0 Å². The molecule has 0 unspecified atom stereocenters. The molecule has 3 aromatic rings. The lowest BCUT2D eigenvalue weighted by atomic mass is 10.0. The first-order valence-corrected chi connectivity index (χ1v) is 11.0. The average molecular weight is 441 g/mol. The molecule has 0 atom stereocenters. The number of fused-ring (bicyclic) bond motifs is 2. The Bertz CT molecular complexity index is 1210. The van der Waals surface area contributed by atoms with Crippen LogP contribution in [-0.4, -0.2) is 51.2 Å². The minimum Gasteiger partial charge on any atom is -0.362 e. The van der Waals surface area contributed by atoms with Crippen molar-refractivity contribution < 1.29 is 13.6 Å². The fourth-order valence-electron chi connectivity index (χ4n) is 4.71. The first-order valence-electron chi connectivity index (χ1n) is 11.0. The van der Waals surface area contributed by atoms with Crippen molar-refractivity contribution in [2.75, 3.05) is 24.5 Å². The van der Waals surface area contributed by atoms with Crippen molar-refractivity contribution in [1.82, 2.24) is 19.2 Å². The van der Waals surface area contributed by atoms with Gasteiger partial charge in [-0.1, -0.05) is 18.2 Å². The summed E-state index contributed by atoms with van der Waals surface area (Å²) in [7, 11) is 0. The van der Waals surface area contributed by atoms with E-state index >= 15 is 0 Å². The molecule has 0 aliphatic carbocycles. The van der Waals surface area contributed by atoms with E-state index in [0.717, 1.165) is 47.1 Å². The second kappa shape index (κ2) is 8.37. The predicted octanol–water partition coefficient (Wildman–Crippen LogP) is 3.11. The summed E-state index contributed by atoms with van der Waals surface area (Å²) in [4.78, 5) is 29.2. The number of halogens is 2. The maximum atomic E-state index is 12.9. The van der Waals surface area contributed by atoms with Gasteiger partial charge in [0.2, 0.25) is 0 Å². The van der Waals surface area contributed by atoms with Gasteiger partial charge in [0.15, 0.2) is 5.82 Å². The molecule has 1 amide bonds. The predicted molar refractivity (Wildman–Crippen MR) is 117 cm³/mol. The fraction of sp³-hybridized carbons (Fsp3) is 0.435. The smallest absolute Gasteiger partial charge is 0.346 e. The highest BCUT2D eigenvalue weighted by molar-refractivity contribution is 6.01. The molecule has 1 aromatic heterocycles. The molecule has 2 aliphatic rings. The summed E-state index contributed by atoms with van der Waals surface area (Å²) in [5.41, 5.74) is 1.18. The van der Waals surface area contributed by atoms with Crippen molar-refractivity contribution in [3.63, 3.8) is 0 Å². The fourth-order valence-corrected chi connectivity index (χ4v) is 4.71. The first-order chi connectivity index (χ1) is 15.5. The number of likely N-dealkylation sites (tertiary alicyclic amines) is 1. The van der Waals surface area contributed by atoms with Crippen LogP contribution in [0.25, 0.3) is 10.8 Å². The zero-order valence-corrected chi connectivity index (χ0v) is 17.7. The van der Waals surface area contributed by atoms with E-state index in [2.05, 4.69) is 10.00 Å². The molecule has 5 rings (SSSR count). The lowest BCUT2D eigenvalue weighted by Gasteiger charge is -2.30. The highest BCUT2D eigenvalue weighted by atomic mass is 19.3. The summed E-state index contributed by atoms with van der Waals surface area (Å²) >= 11 is 0. The van der Waals surface area contributed by atoms with Crippen LogP contribution in [0.5, 0.6) is 0 Å². The normalized spacial score (nSPS) is 16.6. The number of carbonyl (C=O) groups is 1.